The number of pyridine rings is 1. The van der Waals surface area contributed by atoms with Gasteiger partial charge in [0.2, 0.25) is 21.8 Å². The van der Waals surface area contributed by atoms with Gasteiger partial charge in [-0.15, -0.1) is 0 Å². The fourth-order valence-corrected chi connectivity index (χ4v) is 10.7. The van der Waals surface area contributed by atoms with Crippen LogP contribution in [0.25, 0.3) is 22.0 Å². The average molecular weight is 1110 g/mol. The van der Waals surface area contributed by atoms with Crippen molar-refractivity contribution < 1.29 is 75.4 Å². The predicted octanol–water partition coefficient (Wildman–Crippen LogP) is 9.11. The molecule has 8 rings (SSSR count). The number of benzene rings is 3. The summed E-state index contributed by atoms with van der Waals surface area (Å²) >= 11 is 6.70. The first kappa shape index (κ1) is 54.0. The quantitative estimate of drug-likeness (QED) is 0.0886. The zero-order valence-electron chi connectivity index (χ0n) is 39.1. The molecule has 3 aromatic carbocycles. The summed E-state index contributed by atoms with van der Waals surface area (Å²) in [6.07, 6.45) is -10.7. The number of alkyl halides is 8. The van der Waals surface area contributed by atoms with E-state index in [4.69, 9.17) is 16.6 Å². The Balaban J connectivity index is 1.34. The van der Waals surface area contributed by atoms with Crippen LogP contribution in [0, 0.1) is 17.6 Å². The molecule has 2 amide bonds. The summed E-state index contributed by atoms with van der Waals surface area (Å²) in [5, 5.41) is 18.7. The topological polar surface area (TPSA) is 186 Å². The number of nitrogens with zero attached hydrogens (tertiary/aromatic N) is 6. The van der Waals surface area contributed by atoms with Crippen LogP contribution < -0.4 is 9.62 Å². The fourth-order valence-electron chi connectivity index (χ4n) is 9.14. The summed E-state index contributed by atoms with van der Waals surface area (Å²) in [7, 11) is -8.52. The lowest BCUT2D eigenvalue weighted by Gasteiger charge is -2.25. The maximum absolute atomic E-state index is 15.6. The second kappa shape index (κ2) is 18.8. The lowest BCUT2D eigenvalue weighted by Crippen LogP contribution is -2.38. The second-order valence-corrected chi connectivity index (χ2v) is 23.8. The van der Waals surface area contributed by atoms with Crippen LogP contribution in [-0.2, 0) is 73.9 Å². The van der Waals surface area contributed by atoms with Gasteiger partial charge in [0, 0.05) is 40.6 Å². The van der Waals surface area contributed by atoms with E-state index in [1.54, 1.807) is 0 Å². The van der Waals surface area contributed by atoms with Crippen LogP contribution in [0.2, 0.25) is 5.02 Å². The summed E-state index contributed by atoms with van der Waals surface area (Å²) in [6.45, 7) is -0.403. The number of hydrogen-bond donors (Lipinski definition) is 2. The van der Waals surface area contributed by atoms with Gasteiger partial charge in [-0.2, -0.15) is 49.6 Å². The number of carbonyl (C=O) groups is 2. The molecule has 3 heterocycles. The number of nitrogens with one attached hydrogen (secondary N) is 1. The fraction of sp³-hybridized carbons (Fsp3) is 0.383. The van der Waals surface area contributed by atoms with E-state index in [2.05, 4.69) is 15.5 Å². The Morgan fingerprint density at radius 1 is 0.892 bits per heavy atom. The summed E-state index contributed by atoms with van der Waals surface area (Å²) in [5.41, 5.74) is -5.00. The number of fused-ring (bicyclic) bond motifs is 4. The van der Waals surface area contributed by atoms with Gasteiger partial charge in [-0.1, -0.05) is 35.9 Å². The van der Waals surface area contributed by atoms with E-state index in [0.717, 1.165) is 30.5 Å². The Hall–Kier alpha value is -6.28. The summed E-state index contributed by atoms with van der Waals surface area (Å²) in [4.78, 5) is 32.9. The van der Waals surface area contributed by atoms with Crippen molar-refractivity contribution in [1.82, 2.24) is 29.9 Å². The van der Waals surface area contributed by atoms with Crippen molar-refractivity contribution in [3.05, 3.63) is 123 Å². The van der Waals surface area contributed by atoms with Gasteiger partial charge in [-0.3, -0.25) is 23.9 Å². The molecule has 396 valence electrons. The predicted molar refractivity (Wildman–Crippen MR) is 248 cm³/mol. The Morgan fingerprint density at radius 3 is 2.12 bits per heavy atom. The van der Waals surface area contributed by atoms with Crippen LogP contribution >= 0.6 is 11.6 Å². The summed E-state index contributed by atoms with van der Waals surface area (Å²) in [6, 6.07) is 10.3. The minimum absolute atomic E-state index is 0.0569. The molecule has 27 heteroatoms. The first-order chi connectivity index (χ1) is 34.1. The van der Waals surface area contributed by atoms with Crippen molar-refractivity contribution in [2.45, 2.75) is 94.0 Å². The SMILES string of the molecule is CC(C)(CCc1ccc(-c2ccc(Cl)c3c(N(C(=O)Cc4ccc(O)cc4)S(C)(=O)=O)nn(CC(F)(F)F)c23)c([C@H](Cc2cc(F)cc(F)c2)NC(=O)Cn2nc(C(F)(F)F)c3c2C(F)(F)C2C[C@H]32)n1)S(C)(=O)=O. The molecule has 0 radical (unpaired) electrons. The van der Waals surface area contributed by atoms with Gasteiger partial charge < -0.3 is 10.4 Å². The third-order valence-corrected chi connectivity index (χ3v) is 16.5. The average Bonchev–Trinajstić information content (AvgIpc) is 3.78. The first-order valence-corrected chi connectivity index (χ1v) is 26.3. The van der Waals surface area contributed by atoms with E-state index in [9.17, 15) is 66.7 Å². The van der Waals surface area contributed by atoms with Crippen molar-refractivity contribution in [2.24, 2.45) is 5.92 Å². The third kappa shape index (κ3) is 10.8. The monoisotopic (exact) mass is 1110 g/mol. The minimum atomic E-state index is -5.21. The first-order valence-electron chi connectivity index (χ1n) is 22.2. The Labute approximate surface area is 420 Å². The normalized spacial score (nSPS) is 17.0. The van der Waals surface area contributed by atoms with Crippen LogP contribution in [0.4, 0.5) is 49.7 Å². The number of rotatable bonds is 16. The van der Waals surface area contributed by atoms with Gasteiger partial charge in [0.05, 0.1) is 45.1 Å². The van der Waals surface area contributed by atoms with Gasteiger partial charge in [0.25, 0.3) is 5.92 Å². The number of amides is 2. The molecule has 2 aliphatic rings. The lowest BCUT2D eigenvalue weighted by atomic mass is 9.93. The van der Waals surface area contributed by atoms with E-state index in [0.29, 0.717) is 17.0 Å². The molecule has 0 spiro atoms. The number of hydrogen-bond acceptors (Lipinski definition) is 10. The van der Waals surface area contributed by atoms with Gasteiger partial charge in [0.15, 0.2) is 21.3 Å². The van der Waals surface area contributed by atoms with Crippen molar-refractivity contribution in [3.8, 4) is 16.9 Å². The highest BCUT2D eigenvalue weighted by Gasteiger charge is 2.68. The third-order valence-electron chi connectivity index (χ3n) is 13.0. The highest BCUT2D eigenvalue weighted by molar-refractivity contribution is 7.93. The smallest absolute Gasteiger partial charge is 0.435 e. The maximum atomic E-state index is 15.6. The van der Waals surface area contributed by atoms with Crippen LogP contribution in [0.5, 0.6) is 5.75 Å². The van der Waals surface area contributed by atoms with Crippen LogP contribution in [0.3, 0.4) is 0 Å². The number of anilines is 1. The molecule has 0 saturated heterocycles. The van der Waals surface area contributed by atoms with Crippen molar-refractivity contribution >= 4 is 60.0 Å². The maximum Gasteiger partial charge on any atom is 0.435 e. The number of aryl methyl sites for hydroxylation is 1. The molecule has 3 atom stereocenters. The van der Waals surface area contributed by atoms with Crippen molar-refractivity contribution in [1.29, 1.82) is 0 Å². The molecule has 1 saturated carbocycles. The molecule has 14 nitrogen and oxygen atoms in total. The number of aromatic nitrogens is 5. The molecule has 0 aliphatic heterocycles. The Morgan fingerprint density at radius 2 is 1.53 bits per heavy atom. The van der Waals surface area contributed by atoms with Crippen molar-refractivity contribution in [3.63, 3.8) is 0 Å². The lowest BCUT2D eigenvalue weighted by molar-refractivity contribution is -0.143. The molecule has 1 fully saturated rings. The van der Waals surface area contributed by atoms with E-state index in [1.165, 1.54) is 50.2 Å². The van der Waals surface area contributed by atoms with E-state index in [1.807, 2.05) is 0 Å². The zero-order valence-corrected chi connectivity index (χ0v) is 41.5. The molecule has 74 heavy (non-hydrogen) atoms. The number of phenolic OH excluding ortho intramolecular Hbond substituents is 1. The van der Waals surface area contributed by atoms with Crippen LogP contribution in [-0.4, -0.2) is 81.7 Å². The standard InChI is InChI=1S/C47H42ClF10N7O7S2/c1-44(2,73(3,69)70)14-13-27-7-10-29(30-11-12-33(48)38-40(30)64(22-45(51,52)53)62-43(38)65(74(4,71)72)36(68)18-23-5-8-28(66)9-6-23)39(59-27)34(17-24-15-25(49)19-26(50)16-24)60-35(67)21-63-42-37(41(61-63)47(56,57)58)31-20-32(31)46(42,54)55/h5-12,15-16,19,31-32,34,66H,13-14,17-18,20-22H2,1-4H3,(H,60,67)/t31-,32?,34-/m0/s1. The number of halogens is 11. The number of carbonyl (C=O) groups excluding carboxylic acids is 2. The van der Waals surface area contributed by atoms with Gasteiger partial charge >= 0.3 is 12.4 Å². The Kier molecular flexibility index (Phi) is 13.7. The van der Waals surface area contributed by atoms with E-state index >= 15 is 8.78 Å². The molecule has 2 N–H and O–H groups in total. The van der Waals surface area contributed by atoms with Gasteiger partial charge in [0.1, 0.15) is 36.2 Å². The van der Waals surface area contributed by atoms with Crippen LogP contribution in [0.1, 0.15) is 78.1 Å². The summed E-state index contributed by atoms with van der Waals surface area (Å²) < 4.78 is 199. The molecular weight excluding hydrogens is 1060 g/mol. The molecule has 0 bridgehead atoms. The molecular formula is C47H42ClF10N7O7S2. The number of sulfone groups is 1. The largest absolute Gasteiger partial charge is 0.508 e. The molecule has 6 aromatic rings. The van der Waals surface area contributed by atoms with Crippen LogP contribution in [0.15, 0.2) is 66.7 Å². The number of phenols is 1. The summed E-state index contributed by atoms with van der Waals surface area (Å²) in [5.74, 6) is -12.4. The Bertz CT molecular complexity index is 3450. The van der Waals surface area contributed by atoms with Crippen molar-refractivity contribution in [2.75, 3.05) is 16.8 Å². The molecule has 3 aromatic heterocycles. The number of sulfonamides is 1. The zero-order chi connectivity index (χ0) is 54.4. The highest BCUT2D eigenvalue weighted by atomic mass is 35.5. The van der Waals surface area contributed by atoms with Gasteiger partial charge in [-0.25, -0.2) is 25.6 Å². The molecule has 1 unspecified atom stereocenters. The highest BCUT2D eigenvalue weighted by Crippen LogP contribution is 2.68. The van der Waals surface area contributed by atoms with E-state index < -0.39 is 149 Å². The van der Waals surface area contributed by atoms with Gasteiger partial charge in [-0.05, 0) is 93.0 Å². The second-order valence-electron chi connectivity index (χ2n) is 18.9. The van der Waals surface area contributed by atoms with E-state index in [-0.39, 0.29) is 67.6 Å². The minimum Gasteiger partial charge on any atom is -0.508 e. The molecule has 2 aliphatic carbocycles. The number of aromatic hydroxyl groups is 1.